The molecule has 4 rings (SSSR count). The minimum atomic E-state index is -0.242. The van der Waals surface area contributed by atoms with Crippen LogP contribution < -0.4 is 0 Å². The molecule has 0 N–H and O–H groups in total. The van der Waals surface area contributed by atoms with Crippen molar-refractivity contribution in [1.29, 1.82) is 0 Å². The SMILES string of the molecule is COCOC1C[C@@H]2CCOC[C@H]2C1/C=C/c1ccc(-c2cccc(F)c2)cn1. The van der Waals surface area contributed by atoms with Gasteiger partial charge in [0.1, 0.15) is 12.6 Å². The number of fused-ring (bicyclic) bond motifs is 1. The highest BCUT2D eigenvalue weighted by Crippen LogP contribution is 2.44. The normalized spacial score (nSPS) is 27.2. The van der Waals surface area contributed by atoms with E-state index in [9.17, 15) is 4.39 Å². The van der Waals surface area contributed by atoms with Crippen LogP contribution in [0.15, 0.2) is 48.7 Å². The van der Waals surface area contributed by atoms with Gasteiger partial charge in [0.25, 0.3) is 0 Å². The lowest BCUT2D eigenvalue weighted by Crippen LogP contribution is -2.28. The highest BCUT2D eigenvalue weighted by molar-refractivity contribution is 5.63. The number of benzene rings is 1. The molecule has 4 nitrogen and oxygen atoms in total. The van der Waals surface area contributed by atoms with Crippen LogP contribution >= 0.6 is 0 Å². The number of rotatable bonds is 6. The fraction of sp³-hybridized carbons (Fsp3) is 0.435. The predicted octanol–water partition coefficient (Wildman–Crippen LogP) is 4.56. The van der Waals surface area contributed by atoms with Gasteiger partial charge in [-0.15, -0.1) is 0 Å². The Kier molecular flexibility index (Phi) is 6.15. The van der Waals surface area contributed by atoms with Crippen molar-refractivity contribution in [2.24, 2.45) is 17.8 Å². The van der Waals surface area contributed by atoms with Crippen LogP contribution in [-0.4, -0.2) is 38.2 Å². The van der Waals surface area contributed by atoms with Gasteiger partial charge in [-0.25, -0.2) is 4.39 Å². The summed E-state index contributed by atoms with van der Waals surface area (Å²) in [4.78, 5) is 4.53. The molecule has 1 aliphatic carbocycles. The maximum atomic E-state index is 13.4. The summed E-state index contributed by atoms with van der Waals surface area (Å²) in [5.41, 5.74) is 2.61. The van der Waals surface area contributed by atoms with Crippen molar-refractivity contribution in [3.63, 3.8) is 0 Å². The molecule has 2 aliphatic rings. The number of hydrogen-bond acceptors (Lipinski definition) is 4. The molecule has 0 bridgehead atoms. The Morgan fingerprint density at radius 3 is 2.96 bits per heavy atom. The second-order valence-corrected chi connectivity index (χ2v) is 7.55. The minimum Gasteiger partial charge on any atom is -0.381 e. The zero-order valence-electron chi connectivity index (χ0n) is 16.1. The van der Waals surface area contributed by atoms with Crippen molar-refractivity contribution in [1.82, 2.24) is 4.98 Å². The van der Waals surface area contributed by atoms with Crippen LogP contribution in [0.5, 0.6) is 0 Å². The first-order valence-corrected chi connectivity index (χ1v) is 9.83. The van der Waals surface area contributed by atoms with E-state index in [-0.39, 0.29) is 11.9 Å². The maximum absolute atomic E-state index is 13.4. The molecular formula is C23H26FNO3. The van der Waals surface area contributed by atoms with Crippen molar-refractivity contribution >= 4 is 6.08 Å². The molecule has 1 aromatic heterocycles. The molecule has 0 spiro atoms. The van der Waals surface area contributed by atoms with Gasteiger partial charge in [-0.2, -0.15) is 0 Å². The van der Waals surface area contributed by atoms with Gasteiger partial charge >= 0.3 is 0 Å². The van der Waals surface area contributed by atoms with Crippen LogP contribution in [-0.2, 0) is 14.2 Å². The molecule has 5 heteroatoms. The molecule has 0 amide bonds. The number of ether oxygens (including phenoxy) is 3. The lowest BCUT2D eigenvalue weighted by molar-refractivity contribution is -0.0814. The Balaban J connectivity index is 1.48. The molecule has 1 aliphatic heterocycles. The standard InChI is InChI=1S/C23H26FNO3/c1-26-15-28-23-12-17-9-10-27-14-22(17)21(23)8-7-20-6-5-18(13-25-20)16-3-2-4-19(24)11-16/h2-8,11,13,17,21-23H,9-10,12,14-15H2,1H3/b8-7+/t17-,21?,22+,23?/m0/s1. The quantitative estimate of drug-likeness (QED) is 0.686. The second-order valence-electron chi connectivity index (χ2n) is 7.55. The van der Waals surface area contributed by atoms with Crippen LogP contribution in [0.2, 0.25) is 0 Å². The molecule has 1 saturated carbocycles. The number of methoxy groups -OCH3 is 1. The van der Waals surface area contributed by atoms with E-state index in [1.807, 2.05) is 18.2 Å². The highest BCUT2D eigenvalue weighted by atomic mass is 19.1. The minimum absolute atomic E-state index is 0.152. The summed E-state index contributed by atoms with van der Waals surface area (Å²) in [5, 5.41) is 0. The first-order chi connectivity index (χ1) is 13.7. The number of pyridine rings is 1. The molecule has 148 valence electrons. The van der Waals surface area contributed by atoms with Gasteiger partial charge in [0.05, 0.1) is 18.4 Å². The molecule has 28 heavy (non-hydrogen) atoms. The van der Waals surface area contributed by atoms with Crippen LogP contribution in [0.1, 0.15) is 18.5 Å². The van der Waals surface area contributed by atoms with Gasteiger partial charge in [0.15, 0.2) is 0 Å². The first kappa shape index (κ1) is 19.2. The van der Waals surface area contributed by atoms with Gasteiger partial charge in [-0.3, -0.25) is 4.98 Å². The Bertz CT molecular complexity index is 808. The molecule has 2 heterocycles. The largest absolute Gasteiger partial charge is 0.381 e. The van der Waals surface area contributed by atoms with Crippen molar-refractivity contribution in [2.45, 2.75) is 18.9 Å². The molecule has 4 atom stereocenters. The van der Waals surface area contributed by atoms with E-state index >= 15 is 0 Å². The van der Waals surface area contributed by atoms with E-state index in [4.69, 9.17) is 14.2 Å². The van der Waals surface area contributed by atoms with Crippen LogP contribution in [0.3, 0.4) is 0 Å². The van der Waals surface area contributed by atoms with Crippen molar-refractivity contribution in [3.8, 4) is 11.1 Å². The third kappa shape index (κ3) is 4.32. The number of nitrogens with zero attached hydrogens (tertiary/aromatic N) is 1. The third-order valence-electron chi connectivity index (χ3n) is 5.84. The first-order valence-electron chi connectivity index (χ1n) is 9.83. The fourth-order valence-electron chi connectivity index (χ4n) is 4.41. The Hall–Kier alpha value is -2.08. The van der Waals surface area contributed by atoms with Crippen molar-refractivity contribution in [3.05, 3.63) is 60.2 Å². The van der Waals surface area contributed by atoms with Gasteiger partial charge in [0, 0.05) is 31.4 Å². The van der Waals surface area contributed by atoms with Crippen molar-refractivity contribution in [2.75, 3.05) is 27.1 Å². The topological polar surface area (TPSA) is 40.6 Å². The zero-order chi connectivity index (χ0) is 19.3. The van der Waals surface area contributed by atoms with E-state index in [1.165, 1.54) is 12.1 Å². The molecular weight excluding hydrogens is 357 g/mol. The van der Waals surface area contributed by atoms with Crippen LogP contribution in [0.25, 0.3) is 17.2 Å². The van der Waals surface area contributed by atoms with E-state index in [2.05, 4.69) is 17.1 Å². The van der Waals surface area contributed by atoms with E-state index in [1.54, 1.807) is 19.4 Å². The number of hydrogen-bond donors (Lipinski definition) is 0. The number of halogens is 1. The zero-order valence-corrected chi connectivity index (χ0v) is 16.1. The molecule has 2 unspecified atom stereocenters. The predicted molar refractivity (Wildman–Crippen MR) is 106 cm³/mol. The summed E-state index contributed by atoms with van der Waals surface area (Å²) in [6, 6.07) is 10.5. The fourth-order valence-corrected chi connectivity index (χ4v) is 4.41. The van der Waals surface area contributed by atoms with Gasteiger partial charge in [-0.1, -0.05) is 24.3 Å². The smallest absolute Gasteiger partial charge is 0.146 e. The van der Waals surface area contributed by atoms with E-state index in [0.717, 1.165) is 42.9 Å². The summed E-state index contributed by atoms with van der Waals surface area (Å²) in [7, 11) is 1.65. The average Bonchev–Trinajstić information content (AvgIpc) is 3.08. The van der Waals surface area contributed by atoms with Gasteiger partial charge < -0.3 is 14.2 Å². The Labute approximate surface area is 165 Å². The molecule has 1 aromatic carbocycles. The second kappa shape index (κ2) is 8.95. The summed E-state index contributed by atoms with van der Waals surface area (Å²) < 4.78 is 30.2. The van der Waals surface area contributed by atoms with Gasteiger partial charge in [-0.05, 0) is 54.5 Å². The van der Waals surface area contributed by atoms with E-state index in [0.29, 0.717) is 24.5 Å². The van der Waals surface area contributed by atoms with Crippen LogP contribution in [0.4, 0.5) is 4.39 Å². The number of aromatic nitrogens is 1. The molecule has 2 fully saturated rings. The molecule has 0 radical (unpaired) electrons. The third-order valence-corrected chi connectivity index (χ3v) is 5.84. The lowest BCUT2D eigenvalue weighted by atomic mass is 9.86. The summed E-state index contributed by atoms with van der Waals surface area (Å²) >= 11 is 0. The summed E-state index contributed by atoms with van der Waals surface area (Å²) in [5.74, 6) is 1.19. The summed E-state index contributed by atoms with van der Waals surface area (Å²) in [6.07, 6.45) is 8.36. The van der Waals surface area contributed by atoms with Gasteiger partial charge in [0.2, 0.25) is 0 Å². The van der Waals surface area contributed by atoms with Crippen molar-refractivity contribution < 1.29 is 18.6 Å². The van der Waals surface area contributed by atoms with Crippen LogP contribution in [0, 0.1) is 23.6 Å². The van der Waals surface area contributed by atoms with E-state index < -0.39 is 0 Å². The summed E-state index contributed by atoms with van der Waals surface area (Å²) in [6.45, 7) is 1.95. The maximum Gasteiger partial charge on any atom is 0.146 e. The molecule has 1 saturated heterocycles. The average molecular weight is 383 g/mol. The highest BCUT2D eigenvalue weighted by Gasteiger charge is 2.43. The monoisotopic (exact) mass is 383 g/mol. The molecule has 2 aromatic rings. The Morgan fingerprint density at radius 2 is 2.18 bits per heavy atom. The Morgan fingerprint density at radius 1 is 1.25 bits per heavy atom. The lowest BCUT2D eigenvalue weighted by Gasteiger charge is -2.28.